The van der Waals surface area contributed by atoms with E-state index in [1.807, 2.05) is 6.92 Å². The van der Waals surface area contributed by atoms with Gasteiger partial charge in [-0.2, -0.15) is 0 Å². The molecule has 3 N–H and O–H groups in total. The van der Waals surface area contributed by atoms with E-state index < -0.39 is 29.9 Å². The van der Waals surface area contributed by atoms with E-state index in [1.165, 1.54) is 10.4 Å². The Morgan fingerprint density at radius 1 is 1.27 bits per heavy atom. The Balaban J connectivity index is 2.80. The van der Waals surface area contributed by atoms with E-state index in [-0.39, 0.29) is 12.3 Å². The molecule has 0 aromatic carbocycles. The summed E-state index contributed by atoms with van der Waals surface area (Å²) in [7, 11) is 0. The summed E-state index contributed by atoms with van der Waals surface area (Å²) in [6.45, 7) is 6.93. The number of hydroxylamine groups is 1. The summed E-state index contributed by atoms with van der Waals surface area (Å²) in [5.41, 5.74) is 1.28. The molecule has 0 bridgehead atoms. The van der Waals surface area contributed by atoms with Gasteiger partial charge in [0.05, 0.1) is 5.92 Å². The molecule has 1 aliphatic heterocycles. The number of alkyl halides is 1. The molecule has 0 aromatic heterocycles. The first-order valence-electron chi connectivity index (χ1n) is 9.49. The third-order valence-corrected chi connectivity index (χ3v) is 4.76. The number of hydrogen-bond acceptors (Lipinski definition) is 4. The molecule has 26 heavy (non-hydrogen) atoms. The fraction of sp³-hybridized carbons (Fsp3) is 0.833. The maximum atomic E-state index is 14.4. The zero-order valence-corrected chi connectivity index (χ0v) is 16.0. The molecule has 1 fully saturated rings. The zero-order valence-electron chi connectivity index (χ0n) is 16.0. The average molecular weight is 373 g/mol. The van der Waals surface area contributed by atoms with Crippen molar-refractivity contribution in [3.63, 3.8) is 0 Å². The van der Waals surface area contributed by atoms with Crippen LogP contribution in [-0.4, -0.2) is 53.1 Å². The summed E-state index contributed by atoms with van der Waals surface area (Å²) in [4.78, 5) is 38.1. The standard InChI is InChI=1S/C18H32FN3O4/c1-4-5-7-13(15(19)17(24)21-26)18(25)22-11-6-8-14(22)16(23)20-10-9-12(2)3/h12-15,26H,4-11H2,1-3H3,(H,20,23)(H,21,24)/t13-,14+,15+/m1/s1. The Morgan fingerprint density at radius 3 is 2.54 bits per heavy atom. The van der Waals surface area contributed by atoms with Crippen LogP contribution in [0.25, 0.3) is 0 Å². The molecule has 0 radical (unpaired) electrons. The van der Waals surface area contributed by atoms with Crippen molar-refractivity contribution in [3.05, 3.63) is 0 Å². The van der Waals surface area contributed by atoms with Gasteiger partial charge in [-0.3, -0.25) is 19.6 Å². The second-order valence-corrected chi connectivity index (χ2v) is 7.29. The maximum absolute atomic E-state index is 14.4. The van der Waals surface area contributed by atoms with E-state index in [0.29, 0.717) is 38.3 Å². The van der Waals surface area contributed by atoms with Crippen molar-refractivity contribution in [2.75, 3.05) is 13.1 Å². The topological polar surface area (TPSA) is 98.7 Å². The number of carbonyl (C=O) groups is 3. The third kappa shape index (κ3) is 6.23. The van der Waals surface area contributed by atoms with Crippen molar-refractivity contribution in [1.82, 2.24) is 15.7 Å². The first-order valence-corrected chi connectivity index (χ1v) is 9.49. The predicted molar refractivity (Wildman–Crippen MR) is 95.0 cm³/mol. The summed E-state index contributed by atoms with van der Waals surface area (Å²) >= 11 is 0. The fourth-order valence-electron chi connectivity index (χ4n) is 3.18. The Hall–Kier alpha value is -1.70. The molecule has 1 aliphatic rings. The molecule has 1 saturated heterocycles. The number of nitrogens with zero attached hydrogens (tertiary/aromatic N) is 1. The predicted octanol–water partition coefficient (Wildman–Crippen LogP) is 1.79. The molecule has 0 aromatic rings. The number of carbonyl (C=O) groups excluding carboxylic acids is 3. The van der Waals surface area contributed by atoms with E-state index in [4.69, 9.17) is 5.21 Å². The molecule has 0 saturated carbocycles. The second kappa shape index (κ2) is 11.1. The summed E-state index contributed by atoms with van der Waals surface area (Å²) < 4.78 is 14.4. The summed E-state index contributed by atoms with van der Waals surface area (Å²) in [6, 6.07) is -0.622. The molecule has 3 atom stereocenters. The van der Waals surface area contributed by atoms with Crippen LogP contribution in [0.4, 0.5) is 4.39 Å². The lowest BCUT2D eigenvalue weighted by Crippen LogP contribution is -2.51. The van der Waals surface area contributed by atoms with Crippen molar-refractivity contribution in [2.45, 2.75) is 71.5 Å². The summed E-state index contributed by atoms with van der Waals surface area (Å²) in [5, 5.41) is 11.5. The van der Waals surface area contributed by atoms with Gasteiger partial charge in [-0.1, -0.05) is 33.6 Å². The van der Waals surface area contributed by atoms with Crippen molar-refractivity contribution in [3.8, 4) is 0 Å². The first-order chi connectivity index (χ1) is 12.3. The Kier molecular flexibility index (Phi) is 9.54. The molecule has 1 heterocycles. The minimum atomic E-state index is -2.13. The number of rotatable bonds is 10. The molecule has 1 rings (SSSR count). The average Bonchev–Trinajstić information content (AvgIpc) is 3.10. The van der Waals surface area contributed by atoms with E-state index in [1.54, 1.807) is 0 Å². The Bertz CT molecular complexity index is 487. The van der Waals surface area contributed by atoms with Crippen LogP contribution in [0.2, 0.25) is 0 Å². The van der Waals surface area contributed by atoms with Gasteiger partial charge in [0.25, 0.3) is 5.91 Å². The lowest BCUT2D eigenvalue weighted by Gasteiger charge is -2.29. The van der Waals surface area contributed by atoms with Crippen LogP contribution in [0.5, 0.6) is 0 Å². The highest BCUT2D eigenvalue weighted by Crippen LogP contribution is 2.25. The van der Waals surface area contributed by atoms with Crippen molar-refractivity contribution < 1.29 is 24.0 Å². The normalized spacial score (nSPS) is 19.3. The van der Waals surface area contributed by atoms with Gasteiger partial charge < -0.3 is 10.2 Å². The van der Waals surface area contributed by atoms with Gasteiger partial charge in [0.15, 0.2) is 6.17 Å². The highest BCUT2D eigenvalue weighted by Gasteiger charge is 2.41. The van der Waals surface area contributed by atoms with Gasteiger partial charge >= 0.3 is 0 Å². The smallest absolute Gasteiger partial charge is 0.278 e. The minimum Gasteiger partial charge on any atom is -0.354 e. The first kappa shape index (κ1) is 22.3. The van der Waals surface area contributed by atoms with Crippen LogP contribution in [0.3, 0.4) is 0 Å². The number of hydrogen-bond donors (Lipinski definition) is 3. The highest BCUT2D eigenvalue weighted by molar-refractivity contribution is 5.92. The van der Waals surface area contributed by atoms with Crippen LogP contribution >= 0.6 is 0 Å². The van der Waals surface area contributed by atoms with Gasteiger partial charge in [-0.15, -0.1) is 0 Å². The van der Waals surface area contributed by atoms with Crippen LogP contribution in [0.1, 0.15) is 59.3 Å². The molecular formula is C18H32FN3O4. The number of unbranched alkanes of at least 4 members (excludes halogenated alkanes) is 1. The molecule has 3 amide bonds. The third-order valence-electron chi connectivity index (χ3n) is 4.76. The zero-order chi connectivity index (χ0) is 19.7. The quantitative estimate of drug-likeness (QED) is 0.402. The second-order valence-electron chi connectivity index (χ2n) is 7.29. The van der Waals surface area contributed by atoms with Gasteiger partial charge in [0.2, 0.25) is 11.8 Å². The van der Waals surface area contributed by atoms with Crippen molar-refractivity contribution in [2.24, 2.45) is 11.8 Å². The Morgan fingerprint density at radius 2 is 1.96 bits per heavy atom. The molecule has 0 unspecified atom stereocenters. The Labute approximate surface area is 154 Å². The summed E-state index contributed by atoms with van der Waals surface area (Å²) in [5.74, 6) is -2.72. The van der Waals surface area contributed by atoms with Crippen LogP contribution in [0, 0.1) is 11.8 Å². The molecule has 7 nitrogen and oxygen atoms in total. The van der Waals surface area contributed by atoms with E-state index in [9.17, 15) is 18.8 Å². The molecule has 0 spiro atoms. The van der Waals surface area contributed by atoms with Crippen LogP contribution in [0.15, 0.2) is 0 Å². The van der Waals surface area contributed by atoms with E-state index >= 15 is 0 Å². The lowest BCUT2D eigenvalue weighted by molar-refractivity contribution is -0.149. The SMILES string of the molecule is CCCC[C@@H](C(=O)N1CCC[C@H]1C(=O)NCCC(C)C)[C@H](F)C(=O)NO. The van der Waals surface area contributed by atoms with Gasteiger partial charge in [0, 0.05) is 13.1 Å². The maximum Gasteiger partial charge on any atom is 0.278 e. The van der Waals surface area contributed by atoms with E-state index in [0.717, 1.165) is 12.8 Å². The van der Waals surface area contributed by atoms with Gasteiger partial charge in [-0.05, 0) is 31.6 Å². The van der Waals surface area contributed by atoms with Crippen LogP contribution < -0.4 is 10.8 Å². The largest absolute Gasteiger partial charge is 0.354 e. The van der Waals surface area contributed by atoms with E-state index in [2.05, 4.69) is 19.2 Å². The number of likely N-dealkylation sites (tertiary alicyclic amines) is 1. The van der Waals surface area contributed by atoms with Gasteiger partial charge in [0.1, 0.15) is 6.04 Å². The summed E-state index contributed by atoms with van der Waals surface area (Å²) in [6.07, 6.45) is 1.42. The van der Waals surface area contributed by atoms with Crippen molar-refractivity contribution >= 4 is 17.7 Å². The molecule has 0 aliphatic carbocycles. The minimum absolute atomic E-state index is 0.197. The number of nitrogens with one attached hydrogen (secondary N) is 2. The highest BCUT2D eigenvalue weighted by atomic mass is 19.1. The fourth-order valence-corrected chi connectivity index (χ4v) is 3.18. The van der Waals surface area contributed by atoms with Crippen molar-refractivity contribution in [1.29, 1.82) is 0 Å². The number of amides is 3. The molecule has 150 valence electrons. The molecule has 8 heteroatoms. The monoisotopic (exact) mass is 373 g/mol. The molecular weight excluding hydrogens is 341 g/mol. The van der Waals surface area contributed by atoms with Crippen LogP contribution in [-0.2, 0) is 14.4 Å². The number of halogens is 1. The van der Waals surface area contributed by atoms with Gasteiger partial charge in [-0.25, -0.2) is 9.87 Å². The lowest BCUT2D eigenvalue weighted by atomic mass is 9.94.